The maximum atomic E-state index is 13.2. The average Bonchev–Trinajstić information content (AvgIpc) is 3.07. The van der Waals surface area contributed by atoms with E-state index in [4.69, 9.17) is 9.47 Å². The van der Waals surface area contributed by atoms with Gasteiger partial charge in [-0.15, -0.1) is 0 Å². The number of ether oxygens (including phenoxy) is 2. The molecule has 0 aliphatic carbocycles. The lowest BCUT2D eigenvalue weighted by molar-refractivity contribution is -0.858. The SMILES string of the molecule is COc1cc(C2C(=C(O)c3ccc(OCC(C)C)c(C)c3)C(=O)C(=O)N2CCC[NH+](C)C)ccc1O. The maximum absolute atomic E-state index is 13.2. The molecule has 0 bridgehead atoms. The number of aryl methyl sites for hydroxylation is 1. The number of amides is 1. The Bertz CT molecular complexity index is 1150. The van der Waals surface area contributed by atoms with Gasteiger partial charge in [-0.1, -0.05) is 19.9 Å². The van der Waals surface area contributed by atoms with E-state index in [9.17, 15) is 19.8 Å². The van der Waals surface area contributed by atoms with Crippen molar-refractivity contribution in [2.75, 3.05) is 40.9 Å². The zero-order valence-electron chi connectivity index (χ0n) is 21.9. The van der Waals surface area contributed by atoms with Gasteiger partial charge in [-0.25, -0.2) is 0 Å². The predicted octanol–water partition coefficient (Wildman–Crippen LogP) is 2.70. The van der Waals surface area contributed by atoms with Crippen LogP contribution in [0.3, 0.4) is 0 Å². The molecule has 1 aliphatic rings. The smallest absolute Gasteiger partial charge is 0.295 e. The molecule has 3 rings (SSSR count). The molecule has 0 saturated carbocycles. The number of aliphatic hydroxyl groups excluding tert-OH is 1. The third-order valence-electron chi connectivity index (χ3n) is 6.16. The summed E-state index contributed by atoms with van der Waals surface area (Å²) in [6.45, 7) is 7.72. The Balaban J connectivity index is 2.09. The summed E-state index contributed by atoms with van der Waals surface area (Å²) in [7, 11) is 5.47. The Kier molecular flexibility index (Phi) is 8.63. The molecule has 8 nitrogen and oxygen atoms in total. The fourth-order valence-corrected chi connectivity index (χ4v) is 4.30. The molecule has 1 saturated heterocycles. The van der Waals surface area contributed by atoms with Crippen LogP contribution in [0.15, 0.2) is 42.0 Å². The molecule has 1 amide bonds. The number of methoxy groups -OCH3 is 1. The van der Waals surface area contributed by atoms with E-state index in [-0.39, 0.29) is 22.8 Å². The number of phenols is 1. The number of likely N-dealkylation sites (tertiary alicyclic amines) is 1. The van der Waals surface area contributed by atoms with Gasteiger partial charge in [0.25, 0.3) is 11.7 Å². The number of carbonyl (C=O) groups is 2. The van der Waals surface area contributed by atoms with Crippen LogP contribution in [0.2, 0.25) is 0 Å². The molecule has 0 radical (unpaired) electrons. The van der Waals surface area contributed by atoms with Gasteiger partial charge in [-0.05, 0) is 54.3 Å². The fourth-order valence-electron chi connectivity index (χ4n) is 4.30. The molecule has 0 aromatic heterocycles. The van der Waals surface area contributed by atoms with Gasteiger partial charge in [0.2, 0.25) is 0 Å². The highest BCUT2D eigenvalue weighted by molar-refractivity contribution is 6.46. The monoisotopic (exact) mass is 497 g/mol. The molecule has 1 unspecified atom stereocenters. The average molecular weight is 498 g/mol. The molecule has 1 aliphatic heterocycles. The summed E-state index contributed by atoms with van der Waals surface area (Å²) in [5.41, 5.74) is 1.82. The van der Waals surface area contributed by atoms with Crippen LogP contribution in [-0.2, 0) is 9.59 Å². The molecular formula is C28H37N2O6+. The van der Waals surface area contributed by atoms with Crippen molar-refractivity contribution < 1.29 is 34.2 Å². The second-order valence-corrected chi connectivity index (χ2v) is 9.92. The van der Waals surface area contributed by atoms with Crippen molar-refractivity contribution in [3.63, 3.8) is 0 Å². The number of Topliss-reactive ketones (excluding diaryl/α,β-unsaturated/α-hetero) is 1. The molecule has 194 valence electrons. The van der Waals surface area contributed by atoms with Gasteiger partial charge in [0, 0.05) is 18.5 Å². The van der Waals surface area contributed by atoms with Crippen LogP contribution in [0, 0.1) is 12.8 Å². The van der Waals surface area contributed by atoms with Gasteiger partial charge in [0.1, 0.15) is 11.5 Å². The zero-order chi connectivity index (χ0) is 26.6. The van der Waals surface area contributed by atoms with Crippen LogP contribution in [0.5, 0.6) is 17.2 Å². The molecule has 1 fully saturated rings. The zero-order valence-corrected chi connectivity index (χ0v) is 21.9. The van der Waals surface area contributed by atoms with Crippen LogP contribution in [0.4, 0.5) is 0 Å². The van der Waals surface area contributed by atoms with E-state index in [1.54, 1.807) is 30.3 Å². The van der Waals surface area contributed by atoms with Gasteiger partial charge < -0.3 is 29.5 Å². The van der Waals surface area contributed by atoms with E-state index in [2.05, 4.69) is 13.8 Å². The fraction of sp³-hybridized carbons (Fsp3) is 0.429. The number of hydrogen-bond donors (Lipinski definition) is 3. The lowest BCUT2D eigenvalue weighted by Crippen LogP contribution is -3.05. The number of phenolic OH excluding ortho intramolecular Hbond substituents is 1. The molecule has 8 heteroatoms. The summed E-state index contributed by atoms with van der Waals surface area (Å²) in [4.78, 5) is 29.1. The van der Waals surface area contributed by atoms with E-state index in [0.717, 1.165) is 12.1 Å². The standard InChI is InChI=1S/C28H36N2O6/c1-17(2)16-36-22-11-9-20(14-18(22)3)26(32)24-25(19-8-10-21(31)23(15-19)35-6)30(28(34)27(24)33)13-7-12-29(4)5/h8-11,14-15,17,25,31-32H,7,12-13,16H2,1-6H3/p+1. The Morgan fingerprint density at radius 2 is 1.83 bits per heavy atom. The van der Waals surface area contributed by atoms with Gasteiger partial charge in [-0.2, -0.15) is 0 Å². The van der Waals surface area contributed by atoms with Crippen molar-refractivity contribution in [2.24, 2.45) is 5.92 Å². The summed E-state index contributed by atoms with van der Waals surface area (Å²) >= 11 is 0. The number of carbonyl (C=O) groups excluding carboxylic acids is 2. The maximum Gasteiger partial charge on any atom is 0.295 e. The van der Waals surface area contributed by atoms with Crippen LogP contribution in [0.25, 0.3) is 5.76 Å². The molecular weight excluding hydrogens is 460 g/mol. The first-order chi connectivity index (χ1) is 17.0. The summed E-state index contributed by atoms with van der Waals surface area (Å²) in [6.07, 6.45) is 0.683. The molecule has 2 aromatic rings. The van der Waals surface area contributed by atoms with Crippen molar-refractivity contribution in [2.45, 2.75) is 33.2 Å². The number of aromatic hydroxyl groups is 1. The summed E-state index contributed by atoms with van der Waals surface area (Å²) in [6, 6.07) is 9.09. The summed E-state index contributed by atoms with van der Waals surface area (Å²) in [5.74, 6) is -0.406. The quantitative estimate of drug-likeness (QED) is 0.265. The summed E-state index contributed by atoms with van der Waals surface area (Å²) in [5, 5.41) is 21.4. The first-order valence-corrected chi connectivity index (χ1v) is 12.2. The lowest BCUT2D eigenvalue weighted by Gasteiger charge is -2.26. The topological polar surface area (TPSA) is 101 Å². The second-order valence-electron chi connectivity index (χ2n) is 9.92. The normalized spacial score (nSPS) is 17.3. The Hall–Kier alpha value is -3.52. The number of ketones is 1. The number of nitrogens with one attached hydrogen (secondary N) is 1. The van der Waals surface area contributed by atoms with E-state index < -0.39 is 17.7 Å². The molecule has 2 aromatic carbocycles. The van der Waals surface area contributed by atoms with Crippen molar-refractivity contribution in [3.05, 3.63) is 58.7 Å². The van der Waals surface area contributed by atoms with Crippen molar-refractivity contribution in [1.82, 2.24) is 4.90 Å². The second kappa shape index (κ2) is 11.5. The van der Waals surface area contributed by atoms with E-state index in [1.807, 2.05) is 21.0 Å². The minimum absolute atomic E-state index is 0.0141. The number of quaternary nitrogens is 1. The number of benzene rings is 2. The Labute approximate surface area is 212 Å². The van der Waals surface area contributed by atoms with Crippen LogP contribution in [0.1, 0.15) is 43.0 Å². The minimum atomic E-state index is -0.811. The number of nitrogens with zero attached hydrogens (tertiary/aromatic N) is 1. The Morgan fingerprint density at radius 3 is 2.44 bits per heavy atom. The molecule has 1 heterocycles. The highest BCUT2D eigenvalue weighted by Gasteiger charge is 2.46. The largest absolute Gasteiger partial charge is 0.507 e. The minimum Gasteiger partial charge on any atom is -0.507 e. The van der Waals surface area contributed by atoms with E-state index in [0.29, 0.717) is 42.4 Å². The van der Waals surface area contributed by atoms with Crippen molar-refractivity contribution in [1.29, 1.82) is 0 Å². The first kappa shape index (κ1) is 27.1. The van der Waals surface area contributed by atoms with Crippen molar-refractivity contribution >= 4 is 17.4 Å². The van der Waals surface area contributed by atoms with Crippen LogP contribution in [-0.4, -0.2) is 67.7 Å². The molecule has 36 heavy (non-hydrogen) atoms. The highest BCUT2D eigenvalue weighted by atomic mass is 16.5. The third kappa shape index (κ3) is 5.82. The first-order valence-electron chi connectivity index (χ1n) is 12.2. The lowest BCUT2D eigenvalue weighted by atomic mass is 9.94. The highest BCUT2D eigenvalue weighted by Crippen LogP contribution is 2.42. The van der Waals surface area contributed by atoms with Gasteiger partial charge in [0.15, 0.2) is 11.5 Å². The van der Waals surface area contributed by atoms with E-state index >= 15 is 0 Å². The van der Waals surface area contributed by atoms with Gasteiger partial charge in [0.05, 0.1) is 46.0 Å². The van der Waals surface area contributed by atoms with Gasteiger partial charge >= 0.3 is 0 Å². The van der Waals surface area contributed by atoms with E-state index in [1.165, 1.54) is 23.0 Å². The number of rotatable bonds is 10. The predicted molar refractivity (Wildman–Crippen MR) is 137 cm³/mol. The van der Waals surface area contributed by atoms with Crippen molar-refractivity contribution in [3.8, 4) is 17.2 Å². The van der Waals surface area contributed by atoms with Gasteiger partial charge in [-0.3, -0.25) is 9.59 Å². The molecule has 0 spiro atoms. The molecule has 3 N–H and O–H groups in total. The summed E-state index contributed by atoms with van der Waals surface area (Å²) < 4.78 is 11.1. The number of aliphatic hydroxyl groups is 1. The number of hydrogen-bond acceptors (Lipinski definition) is 6. The Morgan fingerprint density at radius 1 is 1.11 bits per heavy atom. The van der Waals surface area contributed by atoms with Crippen LogP contribution >= 0.6 is 0 Å². The van der Waals surface area contributed by atoms with Crippen LogP contribution < -0.4 is 14.4 Å². The molecule has 1 atom stereocenters. The third-order valence-corrected chi connectivity index (χ3v) is 6.16.